The van der Waals surface area contributed by atoms with E-state index in [1.54, 1.807) is 23.9 Å². The SMILES string of the molecule is COC1CCC(n2nc(C(=O)O)c3sc(NC(=O)c4ccc(C)cc4)nc32)CC1. The average molecular weight is 414 g/mol. The maximum absolute atomic E-state index is 12.5. The zero-order chi connectivity index (χ0) is 20.5. The number of carbonyl (C=O) groups is 2. The van der Waals surface area contributed by atoms with E-state index in [2.05, 4.69) is 15.4 Å². The van der Waals surface area contributed by atoms with Gasteiger partial charge in [0.05, 0.1) is 12.1 Å². The Kier molecular flexibility index (Phi) is 5.33. The van der Waals surface area contributed by atoms with E-state index in [1.165, 1.54) is 0 Å². The van der Waals surface area contributed by atoms with Gasteiger partial charge in [0.2, 0.25) is 0 Å². The predicted octanol–water partition coefficient (Wildman–Crippen LogP) is 3.88. The Morgan fingerprint density at radius 3 is 2.52 bits per heavy atom. The van der Waals surface area contributed by atoms with Gasteiger partial charge in [-0.3, -0.25) is 10.1 Å². The number of methoxy groups -OCH3 is 1. The lowest BCUT2D eigenvalue weighted by Crippen LogP contribution is -2.23. The summed E-state index contributed by atoms with van der Waals surface area (Å²) in [5.41, 5.74) is 2.07. The standard InChI is InChI=1S/C20H22N4O4S/c1-11-3-5-12(6-4-11)18(25)22-20-21-17-16(29-20)15(19(26)27)23-24(17)13-7-9-14(28-2)10-8-13/h3-6,13-14H,7-10H2,1-2H3,(H,26,27)(H,21,22,25). The number of hydrogen-bond acceptors (Lipinski definition) is 6. The first kappa shape index (κ1) is 19.5. The molecule has 1 amide bonds. The number of aromatic carboxylic acids is 1. The van der Waals surface area contributed by atoms with Crippen molar-refractivity contribution in [2.45, 2.75) is 44.8 Å². The van der Waals surface area contributed by atoms with Crippen molar-refractivity contribution in [3.05, 3.63) is 41.1 Å². The molecule has 1 aliphatic carbocycles. The van der Waals surface area contributed by atoms with E-state index >= 15 is 0 Å². The lowest BCUT2D eigenvalue weighted by Gasteiger charge is -2.27. The van der Waals surface area contributed by atoms with Crippen molar-refractivity contribution < 1.29 is 19.4 Å². The van der Waals surface area contributed by atoms with Gasteiger partial charge in [-0.2, -0.15) is 10.1 Å². The number of rotatable bonds is 5. The van der Waals surface area contributed by atoms with E-state index in [9.17, 15) is 14.7 Å². The number of aromatic nitrogens is 3. The van der Waals surface area contributed by atoms with Gasteiger partial charge in [0.25, 0.3) is 5.91 Å². The van der Waals surface area contributed by atoms with E-state index in [1.807, 2.05) is 19.1 Å². The van der Waals surface area contributed by atoms with Gasteiger partial charge in [-0.1, -0.05) is 29.0 Å². The second-order valence-electron chi connectivity index (χ2n) is 7.26. The molecule has 1 aliphatic rings. The van der Waals surface area contributed by atoms with Crippen molar-refractivity contribution in [3.63, 3.8) is 0 Å². The maximum Gasteiger partial charge on any atom is 0.357 e. The molecule has 2 aromatic heterocycles. The highest BCUT2D eigenvalue weighted by molar-refractivity contribution is 7.22. The Morgan fingerprint density at radius 2 is 1.90 bits per heavy atom. The number of nitrogens with one attached hydrogen (secondary N) is 1. The summed E-state index contributed by atoms with van der Waals surface area (Å²) >= 11 is 1.14. The number of benzene rings is 1. The molecule has 152 valence electrons. The van der Waals surface area contributed by atoms with Crippen molar-refractivity contribution >= 4 is 38.7 Å². The van der Waals surface area contributed by atoms with Gasteiger partial charge < -0.3 is 9.84 Å². The number of aryl methyl sites for hydroxylation is 1. The summed E-state index contributed by atoms with van der Waals surface area (Å²) in [6.45, 7) is 1.95. The van der Waals surface area contributed by atoms with Gasteiger partial charge in [0.15, 0.2) is 16.5 Å². The summed E-state index contributed by atoms with van der Waals surface area (Å²) in [7, 11) is 1.71. The number of ether oxygens (including phenoxy) is 1. The summed E-state index contributed by atoms with van der Waals surface area (Å²) in [6, 6.07) is 7.29. The summed E-state index contributed by atoms with van der Waals surface area (Å²) < 4.78 is 7.61. The van der Waals surface area contributed by atoms with Gasteiger partial charge in [-0.25, -0.2) is 9.48 Å². The van der Waals surface area contributed by atoms with Crippen LogP contribution in [0.4, 0.5) is 5.13 Å². The van der Waals surface area contributed by atoms with E-state index in [4.69, 9.17) is 4.74 Å². The quantitative estimate of drug-likeness (QED) is 0.656. The van der Waals surface area contributed by atoms with Crippen molar-refractivity contribution in [1.29, 1.82) is 0 Å². The topological polar surface area (TPSA) is 106 Å². The van der Waals surface area contributed by atoms with Crippen LogP contribution < -0.4 is 5.32 Å². The molecule has 8 nitrogen and oxygen atoms in total. The average Bonchev–Trinajstić information content (AvgIpc) is 3.27. The molecule has 2 heterocycles. The summed E-state index contributed by atoms with van der Waals surface area (Å²) in [5.74, 6) is -1.38. The molecule has 29 heavy (non-hydrogen) atoms. The number of carboxylic acid groups (broad SMARTS) is 1. The minimum absolute atomic E-state index is 0.0257. The van der Waals surface area contributed by atoms with Crippen molar-refractivity contribution in [1.82, 2.24) is 14.8 Å². The smallest absolute Gasteiger partial charge is 0.357 e. The summed E-state index contributed by atoms with van der Waals surface area (Å²) in [5, 5.41) is 17.0. The van der Waals surface area contributed by atoms with Gasteiger partial charge in [-0.05, 0) is 44.7 Å². The number of thiazole rings is 1. The Bertz CT molecular complexity index is 1050. The Labute approximate surface area is 171 Å². The molecule has 0 bridgehead atoms. The summed E-state index contributed by atoms with van der Waals surface area (Å²) in [4.78, 5) is 28.7. The van der Waals surface area contributed by atoms with E-state index in [0.717, 1.165) is 42.6 Å². The van der Waals surface area contributed by atoms with Crippen LogP contribution in [0.15, 0.2) is 24.3 Å². The normalized spacial score (nSPS) is 19.4. The third-order valence-corrected chi connectivity index (χ3v) is 6.28. The second kappa shape index (κ2) is 7.92. The Balaban J connectivity index is 1.63. The number of anilines is 1. The molecule has 1 aromatic carbocycles. The van der Waals surface area contributed by atoms with Gasteiger partial charge in [0.1, 0.15) is 4.70 Å². The molecule has 0 aliphatic heterocycles. The molecule has 0 spiro atoms. The highest BCUT2D eigenvalue weighted by atomic mass is 32.1. The van der Waals surface area contributed by atoms with Gasteiger partial charge in [0, 0.05) is 12.7 Å². The van der Waals surface area contributed by atoms with Crippen LogP contribution in [0, 0.1) is 6.92 Å². The molecule has 3 aromatic rings. The van der Waals surface area contributed by atoms with Crippen LogP contribution in [0.25, 0.3) is 10.3 Å². The van der Waals surface area contributed by atoms with Crippen LogP contribution in [-0.2, 0) is 4.74 Å². The lowest BCUT2D eigenvalue weighted by atomic mass is 9.93. The first-order valence-electron chi connectivity index (χ1n) is 9.49. The highest BCUT2D eigenvalue weighted by Crippen LogP contribution is 2.36. The van der Waals surface area contributed by atoms with Crippen LogP contribution in [0.1, 0.15) is 58.1 Å². The molecule has 1 fully saturated rings. The van der Waals surface area contributed by atoms with Crippen LogP contribution in [-0.4, -0.2) is 45.0 Å². The Morgan fingerprint density at radius 1 is 1.21 bits per heavy atom. The van der Waals surface area contributed by atoms with Crippen molar-refractivity contribution in [3.8, 4) is 0 Å². The van der Waals surface area contributed by atoms with Crippen molar-refractivity contribution in [2.75, 3.05) is 12.4 Å². The molecular formula is C20H22N4O4S. The Hall–Kier alpha value is -2.78. The number of carboxylic acids is 1. The van der Waals surface area contributed by atoms with Gasteiger partial charge >= 0.3 is 5.97 Å². The highest BCUT2D eigenvalue weighted by Gasteiger charge is 2.28. The van der Waals surface area contributed by atoms with Crippen LogP contribution in [0.3, 0.4) is 0 Å². The number of fused-ring (bicyclic) bond motifs is 1. The minimum atomic E-state index is -1.10. The molecule has 0 unspecified atom stereocenters. The molecule has 1 saturated carbocycles. The van der Waals surface area contributed by atoms with Crippen LogP contribution in [0.2, 0.25) is 0 Å². The minimum Gasteiger partial charge on any atom is -0.476 e. The monoisotopic (exact) mass is 414 g/mol. The molecular weight excluding hydrogens is 392 g/mol. The first-order valence-corrected chi connectivity index (χ1v) is 10.3. The van der Waals surface area contributed by atoms with Crippen LogP contribution >= 0.6 is 11.3 Å². The molecule has 0 saturated heterocycles. The number of carbonyl (C=O) groups excluding carboxylic acids is 1. The maximum atomic E-state index is 12.5. The fraction of sp³-hybridized carbons (Fsp3) is 0.400. The zero-order valence-corrected chi connectivity index (χ0v) is 17.0. The molecule has 9 heteroatoms. The largest absolute Gasteiger partial charge is 0.476 e. The lowest BCUT2D eigenvalue weighted by molar-refractivity contribution is 0.0568. The third kappa shape index (κ3) is 3.88. The van der Waals surface area contributed by atoms with Crippen molar-refractivity contribution in [2.24, 2.45) is 0 Å². The molecule has 2 N–H and O–H groups in total. The van der Waals surface area contributed by atoms with Gasteiger partial charge in [-0.15, -0.1) is 0 Å². The fourth-order valence-electron chi connectivity index (χ4n) is 3.67. The van der Waals surface area contributed by atoms with E-state index in [-0.39, 0.29) is 23.7 Å². The first-order chi connectivity index (χ1) is 14.0. The second-order valence-corrected chi connectivity index (χ2v) is 8.26. The molecule has 4 rings (SSSR count). The van der Waals surface area contributed by atoms with E-state index < -0.39 is 5.97 Å². The number of nitrogens with zero attached hydrogens (tertiary/aromatic N) is 3. The number of amides is 1. The number of hydrogen-bond donors (Lipinski definition) is 2. The van der Waals surface area contributed by atoms with Crippen LogP contribution in [0.5, 0.6) is 0 Å². The van der Waals surface area contributed by atoms with E-state index in [0.29, 0.717) is 21.0 Å². The zero-order valence-electron chi connectivity index (χ0n) is 16.2. The molecule has 0 radical (unpaired) electrons. The molecule has 0 atom stereocenters. The fourth-order valence-corrected chi connectivity index (χ4v) is 4.59. The summed E-state index contributed by atoms with van der Waals surface area (Å²) in [6.07, 6.45) is 3.71. The predicted molar refractivity (Wildman–Crippen MR) is 110 cm³/mol. The third-order valence-electron chi connectivity index (χ3n) is 5.31.